The summed E-state index contributed by atoms with van der Waals surface area (Å²) < 4.78 is 39.5. The van der Waals surface area contributed by atoms with Gasteiger partial charge in [-0.15, -0.1) is 0 Å². The highest BCUT2D eigenvalue weighted by Gasteiger charge is 2.33. The summed E-state index contributed by atoms with van der Waals surface area (Å²) in [4.78, 5) is 28.1. The lowest BCUT2D eigenvalue weighted by atomic mass is 10.1. The predicted octanol–water partition coefficient (Wildman–Crippen LogP) is 4.50. The molecule has 0 aliphatic carbocycles. The Labute approximate surface area is 240 Å². The Bertz CT molecular complexity index is 1420. The summed E-state index contributed by atoms with van der Waals surface area (Å²) >= 11 is 6.38. The van der Waals surface area contributed by atoms with Crippen LogP contribution in [0.4, 0.5) is 5.69 Å². The van der Waals surface area contributed by atoms with Crippen LogP contribution in [0.1, 0.15) is 25.8 Å². The second-order valence-electron chi connectivity index (χ2n) is 8.94. The third-order valence-corrected chi connectivity index (χ3v) is 8.42. The molecular weight excluding hydrogens is 554 g/mol. The Kier molecular flexibility index (Phi) is 10.8. The van der Waals surface area contributed by atoms with E-state index < -0.39 is 28.5 Å². The van der Waals surface area contributed by atoms with Gasteiger partial charge in [0.15, 0.2) is 11.5 Å². The van der Waals surface area contributed by atoms with E-state index in [1.54, 1.807) is 61.5 Å². The minimum Gasteiger partial charge on any atom is -0.493 e. The molecule has 0 saturated carbocycles. The van der Waals surface area contributed by atoms with Crippen LogP contribution in [-0.4, -0.2) is 58.5 Å². The summed E-state index contributed by atoms with van der Waals surface area (Å²) in [7, 11) is -1.40. The molecule has 3 aromatic rings. The lowest BCUT2D eigenvalue weighted by Gasteiger charge is -2.32. The molecule has 1 atom stereocenters. The van der Waals surface area contributed by atoms with Crippen LogP contribution in [0, 0.1) is 0 Å². The number of hydrogen-bond acceptors (Lipinski definition) is 6. The summed E-state index contributed by atoms with van der Waals surface area (Å²) in [5, 5.41) is 3.24. The van der Waals surface area contributed by atoms with Crippen LogP contribution < -0.4 is 19.1 Å². The van der Waals surface area contributed by atoms with Gasteiger partial charge in [0.05, 0.1) is 24.8 Å². The smallest absolute Gasteiger partial charge is 0.264 e. The Morgan fingerprint density at radius 2 is 1.60 bits per heavy atom. The molecular formula is C29H34ClN3O6S. The van der Waals surface area contributed by atoms with Crippen molar-refractivity contribution in [3.8, 4) is 11.5 Å². The maximum Gasteiger partial charge on any atom is 0.264 e. The molecule has 0 aromatic heterocycles. The molecule has 40 heavy (non-hydrogen) atoms. The molecule has 9 nitrogen and oxygen atoms in total. The summed E-state index contributed by atoms with van der Waals surface area (Å²) in [5.74, 6) is -0.339. The van der Waals surface area contributed by atoms with Crippen LogP contribution in [0.25, 0.3) is 0 Å². The van der Waals surface area contributed by atoms with E-state index in [1.807, 2.05) is 6.92 Å². The number of ether oxygens (including phenoxy) is 2. The SMILES string of the molecule is CCCNC(=O)C(C)N(Cc1ccccc1Cl)C(=O)CN(c1ccccc1)S(=O)(=O)c1ccc(OC)c(OC)c1. The second kappa shape index (κ2) is 14.0. The van der Waals surface area contributed by atoms with Crippen LogP contribution in [0.3, 0.4) is 0 Å². The number of benzene rings is 3. The summed E-state index contributed by atoms with van der Waals surface area (Å²) in [6, 6.07) is 18.6. The fraction of sp³-hybridized carbons (Fsp3) is 0.310. The molecule has 0 aliphatic rings. The van der Waals surface area contributed by atoms with Gasteiger partial charge in [-0.25, -0.2) is 8.42 Å². The monoisotopic (exact) mass is 587 g/mol. The highest BCUT2D eigenvalue weighted by molar-refractivity contribution is 7.92. The van der Waals surface area contributed by atoms with Crippen molar-refractivity contribution in [1.82, 2.24) is 10.2 Å². The summed E-state index contributed by atoms with van der Waals surface area (Å²) in [6.45, 7) is 3.43. The fourth-order valence-electron chi connectivity index (χ4n) is 4.02. The van der Waals surface area contributed by atoms with Crippen molar-refractivity contribution in [2.24, 2.45) is 0 Å². The van der Waals surface area contributed by atoms with Crippen molar-refractivity contribution in [2.45, 2.75) is 37.8 Å². The maximum atomic E-state index is 14.0. The van der Waals surface area contributed by atoms with E-state index in [0.29, 0.717) is 22.9 Å². The molecule has 3 aromatic carbocycles. The molecule has 1 unspecified atom stereocenters. The van der Waals surface area contributed by atoms with E-state index in [4.69, 9.17) is 21.1 Å². The van der Waals surface area contributed by atoms with Gasteiger partial charge in [0.2, 0.25) is 11.8 Å². The van der Waals surface area contributed by atoms with Gasteiger partial charge < -0.3 is 19.7 Å². The first kappa shape index (κ1) is 30.8. The van der Waals surface area contributed by atoms with Gasteiger partial charge in [-0.3, -0.25) is 13.9 Å². The number of para-hydroxylation sites is 1. The Balaban J connectivity index is 2.04. The van der Waals surface area contributed by atoms with Gasteiger partial charge in [0.25, 0.3) is 10.0 Å². The number of carbonyl (C=O) groups is 2. The number of rotatable bonds is 13. The number of hydrogen-bond donors (Lipinski definition) is 1. The first-order chi connectivity index (χ1) is 19.1. The first-order valence-electron chi connectivity index (χ1n) is 12.7. The lowest BCUT2D eigenvalue weighted by Crippen LogP contribution is -2.51. The largest absolute Gasteiger partial charge is 0.493 e. The molecule has 0 bridgehead atoms. The van der Waals surface area contributed by atoms with Gasteiger partial charge in [-0.2, -0.15) is 0 Å². The summed E-state index contributed by atoms with van der Waals surface area (Å²) in [6.07, 6.45) is 0.724. The van der Waals surface area contributed by atoms with Crippen molar-refractivity contribution in [2.75, 3.05) is 31.6 Å². The zero-order chi connectivity index (χ0) is 29.3. The topological polar surface area (TPSA) is 105 Å². The van der Waals surface area contributed by atoms with E-state index >= 15 is 0 Å². The average molecular weight is 588 g/mol. The molecule has 0 aliphatic heterocycles. The van der Waals surface area contributed by atoms with Gasteiger partial charge in [0, 0.05) is 24.2 Å². The number of nitrogens with zero attached hydrogens (tertiary/aromatic N) is 2. The summed E-state index contributed by atoms with van der Waals surface area (Å²) in [5.41, 5.74) is 0.910. The molecule has 0 heterocycles. The van der Waals surface area contributed by atoms with E-state index in [0.717, 1.165) is 10.7 Å². The predicted molar refractivity (Wildman–Crippen MR) is 155 cm³/mol. The van der Waals surface area contributed by atoms with Gasteiger partial charge >= 0.3 is 0 Å². The number of methoxy groups -OCH3 is 2. The number of sulfonamides is 1. The van der Waals surface area contributed by atoms with Gasteiger partial charge in [-0.05, 0) is 49.2 Å². The van der Waals surface area contributed by atoms with Crippen LogP contribution in [0.15, 0.2) is 77.7 Å². The normalized spacial score (nSPS) is 11.8. The van der Waals surface area contributed by atoms with Crippen LogP contribution >= 0.6 is 11.6 Å². The average Bonchev–Trinajstić information content (AvgIpc) is 2.97. The third-order valence-electron chi connectivity index (χ3n) is 6.28. The highest BCUT2D eigenvalue weighted by Crippen LogP contribution is 2.32. The molecule has 3 rings (SSSR count). The molecule has 11 heteroatoms. The minimum absolute atomic E-state index is 0.0122. The fourth-order valence-corrected chi connectivity index (χ4v) is 5.64. The van der Waals surface area contributed by atoms with Crippen LogP contribution in [0.5, 0.6) is 11.5 Å². The van der Waals surface area contributed by atoms with E-state index in [-0.39, 0.29) is 28.8 Å². The second-order valence-corrected chi connectivity index (χ2v) is 11.2. The lowest BCUT2D eigenvalue weighted by molar-refractivity contribution is -0.139. The number of anilines is 1. The molecule has 0 saturated heterocycles. The van der Waals surface area contributed by atoms with Crippen molar-refractivity contribution in [3.63, 3.8) is 0 Å². The highest BCUT2D eigenvalue weighted by atomic mass is 35.5. The Morgan fingerprint density at radius 3 is 2.23 bits per heavy atom. The van der Waals surface area contributed by atoms with Crippen molar-refractivity contribution in [1.29, 1.82) is 0 Å². The standard InChI is InChI=1S/C29H34ClN3O6S/c1-5-17-31-29(35)21(2)32(19-22-11-9-10-14-25(22)30)28(34)20-33(23-12-7-6-8-13-23)40(36,37)24-15-16-26(38-3)27(18-24)39-4/h6-16,18,21H,5,17,19-20H2,1-4H3,(H,31,35). The van der Waals surface area contributed by atoms with Crippen molar-refractivity contribution in [3.05, 3.63) is 83.4 Å². The van der Waals surface area contributed by atoms with Crippen LogP contribution in [0.2, 0.25) is 5.02 Å². The molecule has 0 radical (unpaired) electrons. The molecule has 0 fully saturated rings. The van der Waals surface area contributed by atoms with Crippen LogP contribution in [-0.2, 0) is 26.2 Å². The third kappa shape index (κ3) is 7.25. The number of amides is 2. The minimum atomic E-state index is -4.26. The number of nitrogens with one attached hydrogen (secondary N) is 1. The van der Waals surface area contributed by atoms with E-state index in [2.05, 4.69) is 5.32 Å². The van der Waals surface area contributed by atoms with E-state index in [9.17, 15) is 18.0 Å². The van der Waals surface area contributed by atoms with Gasteiger partial charge in [-0.1, -0.05) is 54.9 Å². The molecule has 214 valence electrons. The first-order valence-corrected chi connectivity index (χ1v) is 14.6. The molecule has 0 spiro atoms. The van der Waals surface area contributed by atoms with E-state index in [1.165, 1.54) is 37.3 Å². The van der Waals surface area contributed by atoms with Crippen molar-refractivity contribution < 1.29 is 27.5 Å². The quantitative estimate of drug-likeness (QED) is 0.316. The Hall–Kier alpha value is -3.76. The zero-order valence-corrected chi connectivity index (χ0v) is 24.5. The van der Waals surface area contributed by atoms with Crippen molar-refractivity contribution >= 4 is 39.1 Å². The molecule has 2 amide bonds. The maximum absolute atomic E-state index is 14.0. The van der Waals surface area contributed by atoms with Gasteiger partial charge in [0.1, 0.15) is 12.6 Å². The zero-order valence-electron chi connectivity index (χ0n) is 23.0. The molecule has 1 N–H and O–H groups in total. The number of carbonyl (C=O) groups excluding carboxylic acids is 2. The Morgan fingerprint density at radius 1 is 0.950 bits per heavy atom. The number of halogens is 1.